The molecule has 0 radical (unpaired) electrons. The van der Waals surface area contributed by atoms with Gasteiger partial charge in [0.1, 0.15) is 12.1 Å². The van der Waals surface area contributed by atoms with Gasteiger partial charge in [-0.15, -0.1) is 0 Å². The first-order valence-corrected chi connectivity index (χ1v) is 4.88. The molecule has 70 valence electrons. The summed E-state index contributed by atoms with van der Waals surface area (Å²) in [5.74, 6) is 0.771. The largest absolute Gasteiger partial charge is 0.303 e. The molecular formula is C11H14O2. The molecule has 0 aromatic rings. The van der Waals surface area contributed by atoms with Crippen molar-refractivity contribution in [1.29, 1.82) is 0 Å². The van der Waals surface area contributed by atoms with Crippen LogP contribution < -0.4 is 0 Å². The highest BCUT2D eigenvalue weighted by atomic mass is 16.1. The number of ketones is 1. The van der Waals surface area contributed by atoms with Gasteiger partial charge < -0.3 is 4.79 Å². The zero-order valence-electron chi connectivity index (χ0n) is 7.77. The molecule has 3 rings (SSSR count). The molecule has 0 unspecified atom stereocenters. The Morgan fingerprint density at radius 3 is 2.31 bits per heavy atom. The van der Waals surface area contributed by atoms with E-state index in [0.717, 1.165) is 19.1 Å². The molecular weight excluding hydrogens is 164 g/mol. The smallest absolute Gasteiger partial charge is 0.134 e. The van der Waals surface area contributed by atoms with Gasteiger partial charge >= 0.3 is 0 Å². The Labute approximate surface area is 78.0 Å². The van der Waals surface area contributed by atoms with E-state index < -0.39 is 0 Å². The predicted molar refractivity (Wildman–Crippen MR) is 49.1 cm³/mol. The van der Waals surface area contributed by atoms with Crippen LogP contribution in [0, 0.1) is 23.7 Å². The fourth-order valence-corrected chi connectivity index (χ4v) is 2.79. The zero-order chi connectivity index (χ0) is 9.42. The maximum atomic E-state index is 11.4. The highest BCUT2D eigenvalue weighted by molar-refractivity contribution is 5.83. The van der Waals surface area contributed by atoms with Gasteiger partial charge in [-0.2, -0.15) is 0 Å². The van der Waals surface area contributed by atoms with Crippen LogP contribution in [0.15, 0.2) is 12.2 Å². The van der Waals surface area contributed by atoms with E-state index in [0.29, 0.717) is 11.8 Å². The van der Waals surface area contributed by atoms with Gasteiger partial charge in [-0.05, 0) is 31.6 Å². The average Bonchev–Trinajstić information content (AvgIpc) is 2.17. The summed E-state index contributed by atoms with van der Waals surface area (Å²) in [7, 11) is 0. The quantitative estimate of drug-likeness (QED) is 0.475. The Morgan fingerprint density at radius 1 is 1.31 bits per heavy atom. The number of hydrogen-bond donors (Lipinski definition) is 0. The maximum Gasteiger partial charge on any atom is 0.134 e. The molecule has 3 aliphatic carbocycles. The van der Waals surface area contributed by atoms with Crippen LogP contribution in [-0.2, 0) is 9.59 Å². The third-order valence-corrected chi connectivity index (χ3v) is 3.44. The minimum absolute atomic E-state index is 0.0266. The molecule has 0 aromatic carbocycles. The summed E-state index contributed by atoms with van der Waals surface area (Å²) in [6, 6.07) is 0. The van der Waals surface area contributed by atoms with E-state index in [-0.39, 0.29) is 17.6 Å². The number of aldehydes is 1. The average molecular weight is 178 g/mol. The van der Waals surface area contributed by atoms with Gasteiger partial charge in [0.2, 0.25) is 0 Å². The van der Waals surface area contributed by atoms with Crippen LogP contribution >= 0.6 is 0 Å². The van der Waals surface area contributed by atoms with Gasteiger partial charge in [0, 0.05) is 11.8 Å². The van der Waals surface area contributed by atoms with Gasteiger partial charge in [-0.1, -0.05) is 12.2 Å². The fraction of sp³-hybridized carbons (Fsp3) is 0.636. The second kappa shape index (κ2) is 3.09. The van der Waals surface area contributed by atoms with Crippen LogP contribution in [0.1, 0.15) is 19.8 Å². The summed E-state index contributed by atoms with van der Waals surface area (Å²) in [5.41, 5.74) is 0. The molecule has 1 saturated carbocycles. The monoisotopic (exact) mass is 178 g/mol. The number of carbonyl (C=O) groups is 2. The minimum atomic E-state index is -0.0405. The van der Waals surface area contributed by atoms with E-state index in [9.17, 15) is 9.59 Å². The summed E-state index contributed by atoms with van der Waals surface area (Å²) in [5, 5.41) is 0. The number of carbonyl (C=O) groups excluding carboxylic acids is 2. The molecule has 0 saturated heterocycles. The van der Waals surface area contributed by atoms with Crippen molar-refractivity contribution in [3.8, 4) is 0 Å². The molecule has 0 spiro atoms. The van der Waals surface area contributed by atoms with Crippen molar-refractivity contribution in [3.05, 3.63) is 12.2 Å². The number of allylic oxidation sites excluding steroid dienone is 2. The van der Waals surface area contributed by atoms with E-state index in [1.54, 1.807) is 6.92 Å². The van der Waals surface area contributed by atoms with E-state index in [1.807, 2.05) is 0 Å². The fourth-order valence-electron chi connectivity index (χ4n) is 2.79. The molecule has 1 fully saturated rings. The van der Waals surface area contributed by atoms with Gasteiger partial charge in [0.15, 0.2) is 0 Å². The van der Waals surface area contributed by atoms with Gasteiger partial charge in [0.05, 0.1) is 0 Å². The van der Waals surface area contributed by atoms with Crippen molar-refractivity contribution < 1.29 is 9.59 Å². The molecule has 0 N–H and O–H groups in total. The number of rotatable bonds is 2. The van der Waals surface area contributed by atoms with Crippen LogP contribution in [0.5, 0.6) is 0 Å². The summed E-state index contributed by atoms with van der Waals surface area (Å²) in [6.45, 7) is 1.61. The van der Waals surface area contributed by atoms with E-state index in [1.165, 1.54) is 0 Å². The van der Waals surface area contributed by atoms with Crippen molar-refractivity contribution >= 4 is 12.1 Å². The lowest BCUT2D eigenvalue weighted by molar-refractivity contribution is -0.131. The van der Waals surface area contributed by atoms with Gasteiger partial charge in [-0.25, -0.2) is 0 Å². The number of fused-ring (bicyclic) bond motifs is 2. The van der Waals surface area contributed by atoms with Gasteiger partial charge in [-0.3, -0.25) is 4.79 Å². The Balaban J connectivity index is 2.31. The molecule has 13 heavy (non-hydrogen) atoms. The lowest BCUT2D eigenvalue weighted by Crippen LogP contribution is -2.41. The lowest BCUT2D eigenvalue weighted by atomic mass is 9.62. The number of hydrogen-bond acceptors (Lipinski definition) is 2. The lowest BCUT2D eigenvalue weighted by Gasteiger charge is -2.41. The normalized spacial score (nSPS) is 41.9. The van der Waals surface area contributed by atoms with Crippen LogP contribution in [0.25, 0.3) is 0 Å². The number of Topliss-reactive ketones (excluding diaryl/α,β-unsaturated/α-hetero) is 1. The van der Waals surface area contributed by atoms with Crippen molar-refractivity contribution in [2.75, 3.05) is 0 Å². The van der Waals surface area contributed by atoms with E-state index in [2.05, 4.69) is 12.2 Å². The molecule has 0 aliphatic heterocycles. The standard InChI is InChI=1S/C11H14O2/c1-7(13)11-9-4-2-8(3-5-9)10(11)6-12/h2,4,6,8-11H,3,5H2,1H3/t8-,9+,10-,11+/m0/s1. The first kappa shape index (κ1) is 8.67. The second-order valence-electron chi connectivity index (χ2n) is 4.14. The predicted octanol–water partition coefficient (Wildman–Crippen LogP) is 1.60. The third-order valence-electron chi connectivity index (χ3n) is 3.44. The Morgan fingerprint density at radius 2 is 1.92 bits per heavy atom. The summed E-state index contributed by atoms with van der Waals surface area (Å²) in [6.07, 6.45) is 7.38. The van der Waals surface area contributed by atoms with Gasteiger partial charge in [0.25, 0.3) is 0 Å². The van der Waals surface area contributed by atoms with Crippen LogP contribution in [0.3, 0.4) is 0 Å². The van der Waals surface area contributed by atoms with E-state index in [4.69, 9.17) is 0 Å². The highest BCUT2D eigenvalue weighted by Crippen LogP contribution is 2.44. The van der Waals surface area contributed by atoms with Crippen molar-refractivity contribution in [2.24, 2.45) is 23.7 Å². The molecule has 2 heteroatoms. The molecule has 3 aliphatic rings. The topological polar surface area (TPSA) is 34.1 Å². The van der Waals surface area contributed by atoms with Crippen molar-refractivity contribution in [2.45, 2.75) is 19.8 Å². The molecule has 2 bridgehead atoms. The van der Waals surface area contributed by atoms with Crippen molar-refractivity contribution in [1.82, 2.24) is 0 Å². The van der Waals surface area contributed by atoms with Crippen LogP contribution in [0.4, 0.5) is 0 Å². The third kappa shape index (κ3) is 1.25. The summed E-state index contributed by atoms with van der Waals surface area (Å²) in [4.78, 5) is 22.2. The Kier molecular flexibility index (Phi) is 2.06. The highest BCUT2D eigenvalue weighted by Gasteiger charge is 2.42. The van der Waals surface area contributed by atoms with Crippen LogP contribution in [-0.4, -0.2) is 12.1 Å². The molecule has 0 aromatic heterocycles. The van der Waals surface area contributed by atoms with Crippen molar-refractivity contribution in [3.63, 3.8) is 0 Å². The maximum absolute atomic E-state index is 11.4. The summed E-state index contributed by atoms with van der Waals surface area (Å²) < 4.78 is 0. The molecule has 0 amide bonds. The SMILES string of the molecule is CC(=O)[C@H]1[C@@H](C=O)[C@H]2C=C[C@@H]1CC2. The first-order chi connectivity index (χ1) is 6.24. The molecule has 4 atom stereocenters. The van der Waals surface area contributed by atoms with E-state index >= 15 is 0 Å². The van der Waals surface area contributed by atoms with Crippen LogP contribution in [0.2, 0.25) is 0 Å². The Hall–Kier alpha value is -0.920. The Bertz CT molecular complexity index is 267. The zero-order valence-corrected chi connectivity index (χ0v) is 7.77. The molecule has 2 nitrogen and oxygen atoms in total. The minimum Gasteiger partial charge on any atom is -0.303 e. The first-order valence-electron chi connectivity index (χ1n) is 4.88. The second-order valence-corrected chi connectivity index (χ2v) is 4.14. The summed E-state index contributed by atoms with van der Waals surface area (Å²) >= 11 is 0. The molecule has 0 heterocycles.